The second-order valence-electron chi connectivity index (χ2n) is 20.1. The predicted octanol–water partition coefficient (Wildman–Crippen LogP) is 13.1. The van der Waals surface area contributed by atoms with E-state index in [1.54, 1.807) is 11.0 Å². The number of nitro benzene ring substituents is 1. The minimum atomic E-state index is -1.61. The highest BCUT2D eigenvalue weighted by Crippen LogP contribution is 2.62. The van der Waals surface area contributed by atoms with Gasteiger partial charge in [-0.2, -0.15) is 0 Å². The predicted molar refractivity (Wildman–Crippen MR) is 290 cm³/mol. The van der Waals surface area contributed by atoms with Gasteiger partial charge in [0.2, 0.25) is 12.1 Å². The van der Waals surface area contributed by atoms with Crippen LogP contribution in [-0.4, -0.2) is 76.4 Å². The van der Waals surface area contributed by atoms with Crippen molar-refractivity contribution in [2.75, 3.05) is 26.4 Å². The second kappa shape index (κ2) is 24.1. The molecule has 6 aromatic carbocycles. The molecular formula is C62H65N3O11. The van der Waals surface area contributed by atoms with Gasteiger partial charge in [0.05, 0.1) is 36.3 Å². The number of benzene rings is 6. The summed E-state index contributed by atoms with van der Waals surface area (Å²) < 4.78 is 33.9. The number of carbonyl (C=O) groups excluding carboxylic acids is 1. The Morgan fingerprint density at radius 3 is 2.30 bits per heavy atom. The molecule has 1 saturated carbocycles. The zero-order valence-electron chi connectivity index (χ0n) is 42.6. The van der Waals surface area contributed by atoms with Crippen LogP contribution in [0, 0.1) is 27.9 Å². The first-order chi connectivity index (χ1) is 37.3. The average molecular weight is 1030 g/mol. The molecule has 0 radical (unpaired) electrons. The number of aliphatic hydroxyl groups is 2. The summed E-state index contributed by atoms with van der Waals surface area (Å²) >= 11 is 0. The summed E-state index contributed by atoms with van der Waals surface area (Å²) in [5.74, 6) is -0.673. The van der Waals surface area contributed by atoms with Crippen LogP contribution in [-0.2, 0) is 20.9 Å². The maximum atomic E-state index is 15.5. The fourth-order valence-corrected chi connectivity index (χ4v) is 11.8. The highest BCUT2D eigenvalue weighted by atomic mass is 16.8. The summed E-state index contributed by atoms with van der Waals surface area (Å²) in [6.07, 6.45) is 9.57. The van der Waals surface area contributed by atoms with Gasteiger partial charge in [0.1, 0.15) is 29.0 Å². The van der Waals surface area contributed by atoms with Gasteiger partial charge in [-0.15, -0.1) is 6.58 Å². The highest BCUT2D eigenvalue weighted by Gasteiger charge is 2.66. The number of unbranched alkanes of at least 4 members (excludes halogenated alkanes) is 2. The molecule has 2 N–H and O–H groups in total. The van der Waals surface area contributed by atoms with Crippen molar-refractivity contribution in [1.29, 1.82) is 0 Å². The smallest absolute Gasteiger partial charge is 0.416 e. The van der Waals surface area contributed by atoms with Crippen LogP contribution < -0.4 is 14.2 Å². The number of oxime groups is 1. The highest BCUT2D eigenvalue weighted by molar-refractivity contribution is 6.03. The Bertz CT molecular complexity index is 3030. The maximum Gasteiger partial charge on any atom is 0.416 e. The molecule has 0 bridgehead atoms. The zero-order valence-corrected chi connectivity index (χ0v) is 42.6. The standard InChI is InChI=1S/C62H65N3O11/c1-2-36-72-62-57(64(41-46-20-14-19-44-17-6-7-21-51(44)46)61(68)74-49-30-26-47(27-31-49)65(69)70)40-55(63-76-58-23-10-13-37-71-58)53-38-45(18-8-11-34-66)52(22-9-12-35-67)59(60(53)62)54-39-50(32-33-56(54)75-62)73-48-28-24-43(25-29-48)42-15-4-3-5-16-42/h2-7,14-17,19-21,24-33,38-39,45,52,57-60,66-67H,1,8-13,18,22-23,34-37,40-41H2. The Morgan fingerprint density at radius 2 is 1.55 bits per heavy atom. The normalized spacial score (nSPS) is 23.1. The van der Waals surface area contributed by atoms with Crippen LogP contribution in [0.2, 0.25) is 0 Å². The number of ether oxygens (including phenoxy) is 5. The topological polar surface area (TPSA) is 172 Å². The van der Waals surface area contributed by atoms with Gasteiger partial charge in [-0.1, -0.05) is 115 Å². The molecular weight excluding hydrogens is 963 g/mol. The monoisotopic (exact) mass is 1030 g/mol. The Balaban J connectivity index is 1.16. The molecule has 7 atom stereocenters. The minimum absolute atomic E-state index is 0.00813. The maximum absolute atomic E-state index is 15.5. The Morgan fingerprint density at radius 1 is 0.829 bits per heavy atom. The van der Waals surface area contributed by atoms with Crippen LogP contribution in [0.1, 0.15) is 81.3 Å². The van der Waals surface area contributed by atoms with E-state index in [1.807, 2.05) is 97.1 Å². The van der Waals surface area contributed by atoms with E-state index >= 15 is 4.79 Å². The molecule has 76 heavy (non-hydrogen) atoms. The van der Waals surface area contributed by atoms with E-state index in [-0.39, 0.29) is 62.0 Å². The number of allylic oxidation sites excluding steroid dienone is 1. The van der Waals surface area contributed by atoms with Crippen LogP contribution in [0.4, 0.5) is 10.5 Å². The van der Waals surface area contributed by atoms with E-state index in [1.165, 1.54) is 24.3 Å². The van der Waals surface area contributed by atoms with Gasteiger partial charge in [0.15, 0.2) is 0 Å². The molecule has 14 nitrogen and oxygen atoms in total. The molecule has 2 fully saturated rings. The van der Waals surface area contributed by atoms with Crippen LogP contribution in [0.5, 0.6) is 23.0 Å². The fourth-order valence-electron chi connectivity index (χ4n) is 11.8. The van der Waals surface area contributed by atoms with Gasteiger partial charge < -0.3 is 38.7 Å². The summed E-state index contributed by atoms with van der Waals surface area (Å²) in [6.45, 7) is 4.86. The molecule has 1 amide bonds. The third-order valence-electron chi connectivity index (χ3n) is 15.3. The fraction of sp³-hybridized carbons (Fsp3) is 0.355. The van der Waals surface area contributed by atoms with Crippen LogP contribution in [0.25, 0.3) is 21.9 Å². The van der Waals surface area contributed by atoms with Gasteiger partial charge in [-0.3, -0.25) is 15.0 Å². The number of non-ortho nitro benzene ring substituents is 1. The number of hydrogen-bond donors (Lipinski definition) is 2. The third-order valence-corrected chi connectivity index (χ3v) is 15.3. The number of nitrogens with zero attached hydrogens (tertiary/aromatic N) is 3. The molecule has 0 aromatic heterocycles. The van der Waals surface area contributed by atoms with Crippen molar-refractivity contribution in [2.24, 2.45) is 22.9 Å². The second-order valence-corrected chi connectivity index (χ2v) is 20.1. The number of fused-ring (bicyclic) bond motifs is 3. The van der Waals surface area contributed by atoms with Gasteiger partial charge in [-0.25, -0.2) is 4.79 Å². The number of hydrogen-bond acceptors (Lipinski definition) is 12. The first-order valence-corrected chi connectivity index (χ1v) is 26.7. The third kappa shape index (κ3) is 11.3. The van der Waals surface area contributed by atoms with E-state index in [2.05, 4.69) is 30.9 Å². The summed E-state index contributed by atoms with van der Waals surface area (Å²) in [6, 6.07) is 42.6. The molecule has 0 spiro atoms. The summed E-state index contributed by atoms with van der Waals surface area (Å²) in [4.78, 5) is 34.7. The van der Waals surface area contributed by atoms with Crippen molar-refractivity contribution in [3.63, 3.8) is 0 Å². The quantitative estimate of drug-likeness (QED) is 0.0304. The number of carbonyl (C=O) groups is 1. The minimum Gasteiger partial charge on any atom is -0.459 e. The lowest BCUT2D eigenvalue weighted by Gasteiger charge is -2.59. The number of aliphatic hydroxyl groups excluding tert-OH is 2. The van der Waals surface area contributed by atoms with Crippen molar-refractivity contribution < 1.29 is 48.5 Å². The first-order valence-electron chi connectivity index (χ1n) is 26.7. The van der Waals surface area contributed by atoms with Crippen molar-refractivity contribution in [3.8, 4) is 34.1 Å². The lowest BCUT2D eigenvalue weighted by atomic mass is 9.55. The number of rotatable bonds is 21. The molecule has 10 rings (SSSR count). The van der Waals surface area contributed by atoms with Crippen LogP contribution in [0.3, 0.4) is 0 Å². The Hall–Kier alpha value is -7.36. The number of amides is 1. The molecule has 4 aliphatic rings. The van der Waals surface area contributed by atoms with Crippen LogP contribution in [0.15, 0.2) is 169 Å². The largest absolute Gasteiger partial charge is 0.459 e. The van der Waals surface area contributed by atoms with Crippen molar-refractivity contribution >= 4 is 28.3 Å². The first kappa shape index (κ1) is 52.1. The molecule has 7 unspecified atom stereocenters. The van der Waals surface area contributed by atoms with Crippen molar-refractivity contribution in [2.45, 2.75) is 94.8 Å². The van der Waals surface area contributed by atoms with E-state index in [9.17, 15) is 20.3 Å². The van der Waals surface area contributed by atoms with Gasteiger partial charge in [-0.05, 0) is 126 Å². The van der Waals surface area contributed by atoms with E-state index in [0.29, 0.717) is 48.8 Å². The molecule has 6 aromatic rings. The average Bonchev–Trinajstić information content (AvgIpc) is 3.54. The van der Waals surface area contributed by atoms with E-state index in [0.717, 1.165) is 77.1 Å². The van der Waals surface area contributed by atoms with Gasteiger partial charge in [0, 0.05) is 49.7 Å². The molecule has 394 valence electrons. The summed E-state index contributed by atoms with van der Waals surface area (Å²) in [5.41, 5.74) is 5.24. The summed E-state index contributed by atoms with van der Waals surface area (Å²) in [5, 5.41) is 38.9. The molecule has 2 aliphatic heterocycles. The van der Waals surface area contributed by atoms with Gasteiger partial charge in [0.25, 0.3) is 5.69 Å². The van der Waals surface area contributed by atoms with Crippen molar-refractivity contribution in [1.82, 2.24) is 4.90 Å². The lowest BCUT2D eigenvalue weighted by molar-refractivity contribution is -0.384. The zero-order chi connectivity index (χ0) is 52.4. The Labute approximate surface area is 443 Å². The SMILES string of the molecule is C=CCOC12Oc3ccc(Oc4ccc(-c5ccccc5)cc4)cc3C3C(CCCCO)C(CCCCO)C=C(C(=NOC4CCCCO4)CC1N(Cc1cccc4ccccc14)C(=O)Oc1ccc([N+](=O)[O-])cc1)C32. The molecule has 1 saturated heterocycles. The van der Waals surface area contributed by atoms with Gasteiger partial charge >= 0.3 is 6.09 Å². The Kier molecular flexibility index (Phi) is 16.5. The summed E-state index contributed by atoms with van der Waals surface area (Å²) in [7, 11) is 0. The molecule has 14 heteroatoms. The van der Waals surface area contributed by atoms with Crippen LogP contribution >= 0.6 is 0 Å². The van der Waals surface area contributed by atoms with E-state index in [4.69, 9.17) is 33.7 Å². The lowest BCUT2D eigenvalue weighted by Crippen LogP contribution is -2.70. The van der Waals surface area contributed by atoms with Crippen molar-refractivity contribution in [3.05, 3.63) is 185 Å². The van der Waals surface area contributed by atoms with E-state index < -0.39 is 35.1 Å². The molecule has 2 aliphatic carbocycles. The number of nitro groups is 1. The molecule has 2 heterocycles.